The number of aromatic carboxylic acids is 1. The Bertz CT molecular complexity index is 1090. The molecule has 2 aromatic carbocycles. The molecule has 190 valence electrons. The summed E-state index contributed by atoms with van der Waals surface area (Å²) in [5.41, 5.74) is 3.39. The number of halogens is 3. The van der Waals surface area contributed by atoms with Gasteiger partial charge in [0.2, 0.25) is 5.91 Å². The van der Waals surface area contributed by atoms with E-state index in [0.29, 0.717) is 11.6 Å². The minimum Gasteiger partial charge on any atom is -0.478 e. The number of benzene rings is 2. The molecule has 0 radical (unpaired) electrons. The van der Waals surface area contributed by atoms with E-state index >= 15 is 0 Å². The largest absolute Gasteiger partial charge is 0.490 e. The van der Waals surface area contributed by atoms with Crippen LogP contribution in [0.4, 0.5) is 24.5 Å². The molecule has 0 spiro atoms. The Morgan fingerprint density at radius 3 is 2.14 bits per heavy atom. The lowest BCUT2D eigenvalue weighted by atomic mass is 9.94. The highest BCUT2D eigenvalue weighted by Gasteiger charge is 2.38. The predicted molar refractivity (Wildman–Crippen MR) is 126 cm³/mol. The van der Waals surface area contributed by atoms with Gasteiger partial charge in [0.1, 0.15) is 0 Å². The van der Waals surface area contributed by atoms with Crippen molar-refractivity contribution in [2.45, 2.75) is 46.2 Å². The molecule has 35 heavy (non-hydrogen) atoms. The number of nitrogens with zero attached hydrogens (tertiary/aromatic N) is 1. The van der Waals surface area contributed by atoms with E-state index in [4.69, 9.17) is 9.90 Å². The molecule has 0 aromatic heterocycles. The molecule has 1 heterocycles. The number of amides is 1. The van der Waals surface area contributed by atoms with Crippen LogP contribution in [0.1, 0.15) is 54.6 Å². The molecular formula is C25H29F3N2O5. The number of carbonyl (C=O) groups excluding carboxylic acids is 1. The summed E-state index contributed by atoms with van der Waals surface area (Å²) in [6.45, 7) is 9.27. The number of aliphatic carboxylic acids is 1. The minimum absolute atomic E-state index is 0.120. The molecular weight excluding hydrogens is 465 g/mol. The van der Waals surface area contributed by atoms with E-state index in [1.165, 1.54) is 11.1 Å². The van der Waals surface area contributed by atoms with Gasteiger partial charge in [-0.25, -0.2) is 9.59 Å². The highest BCUT2D eigenvalue weighted by Crippen LogP contribution is 2.34. The van der Waals surface area contributed by atoms with Crippen LogP contribution in [0, 0.1) is 12.3 Å². The van der Waals surface area contributed by atoms with Crippen molar-refractivity contribution in [3.8, 4) is 0 Å². The summed E-state index contributed by atoms with van der Waals surface area (Å²) in [5, 5.41) is 19.5. The molecule has 1 amide bonds. The fourth-order valence-corrected chi connectivity index (χ4v) is 3.62. The summed E-state index contributed by atoms with van der Waals surface area (Å²) < 4.78 is 31.7. The summed E-state index contributed by atoms with van der Waals surface area (Å²) in [4.78, 5) is 35.2. The number of carboxylic acids is 2. The number of rotatable bonds is 4. The van der Waals surface area contributed by atoms with Crippen LogP contribution in [-0.4, -0.2) is 47.3 Å². The highest BCUT2D eigenvalue weighted by molar-refractivity contribution is 6.02. The molecule has 1 atom stereocenters. The van der Waals surface area contributed by atoms with Gasteiger partial charge in [0.15, 0.2) is 0 Å². The van der Waals surface area contributed by atoms with Crippen LogP contribution in [0.25, 0.3) is 0 Å². The number of hydrogen-bond donors (Lipinski definition) is 3. The molecule has 0 aliphatic carbocycles. The van der Waals surface area contributed by atoms with Gasteiger partial charge in [-0.2, -0.15) is 13.2 Å². The zero-order valence-corrected chi connectivity index (χ0v) is 19.9. The van der Waals surface area contributed by atoms with E-state index in [1.54, 1.807) is 32.9 Å². The fourth-order valence-electron chi connectivity index (χ4n) is 3.62. The molecule has 7 nitrogen and oxygen atoms in total. The summed E-state index contributed by atoms with van der Waals surface area (Å²) >= 11 is 0. The molecule has 1 fully saturated rings. The summed E-state index contributed by atoms with van der Waals surface area (Å²) in [5.74, 6) is -3.56. The maximum atomic E-state index is 12.3. The van der Waals surface area contributed by atoms with Gasteiger partial charge in [0.25, 0.3) is 0 Å². The Hall–Kier alpha value is -3.56. The third-order valence-corrected chi connectivity index (χ3v) is 5.59. The SMILES string of the molecule is Cc1ccccc1C1CCN(c2ccc(NC(=O)C(C)(C)C)c(C(=O)O)c2)C1.O=C(O)C(F)(F)F. The van der Waals surface area contributed by atoms with Gasteiger partial charge in [-0.15, -0.1) is 0 Å². The van der Waals surface area contributed by atoms with E-state index in [0.717, 1.165) is 25.2 Å². The van der Waals surface area contributed by atoms with Crippen molar-refractivity contribution >= 4 is 29.2 Å². The maximum absolute atomic E-state index is 12.3. The van der Waals surface area contributed by atoms with Crippen LogP contribution in [0.15, 0.2) is 42.5 Å². The molecule has 10 heteroatoms. The zero-order chi connectivity index (χ0) is 26.6. The first kappa shape index (κ1) is 27.7. The normalized spacial score (nSPS) is 15.7. The van der Waals surface area contributed by atoms with Crippen LogP contribution in [0.5, 0.6) is 0 Å². The van der Waals surface area contributed by atoms with Gasteiger partial charge < -0.3 is 20.4 Å². The smallest absolute Gasteiger partial charge is 0.478 e. The number of alkyl halides is 3. The second-order valence-electron chi connectivity index (χ2n) is 9.33. The van der Waals surface area contributed by atoms with Crippen molar-refractivity contribution in [3.05, 3.63) is 59.2 Å². The Balaban J connectivity index is 0.000000540. The minimum atomic E-state index is -5.08. The van der Waals surface area contributed by atoms with Crippen molar-refractivity contribution in [1.29, 1.82) is 0 Å². The number of carboxylic acid groups (broad SMARTS) is 2. The molecule has 1 aliphatic rings. The number of anilines is 2. The van der Waals surface area contributed by atoms with Gasteiger partial charge in [0.05, 0.1) is 11.3 Å². The van der Waals surface area contributed by atoms with Crippen LogP contribution in [0.2, 0.25) is 0 Å². The van der Waals surface area contributed by atoms with Crippen molar-refractivity contribution in [3.63, 3.8) is 0 Å². The average Bonchev–Trinajstić information content (AvgIpc) is 3.23. The number of nitrogens with one attached hydrogen (secondary N) is 1. The monoisotopic (exact) mass is 494 g/mol. The molecule has 1 aliphatic heterocycles. The highest BCUT2D eigenvalue weighted by atomic mass is 19.4. The molecule has 1 unspecified atom stereocenters. The van der Waals surface area contributed by atoms with Gasteiger partial charge in [0, 0.05) is 30.1 Å². The number of hydrogen-bond acceptors (Lipinski definition) is 4. The van der Waals surface area contributed by atoms with Crippen molar-refractivity contribution in [1.82, 2.24) is 0 Å². The topological polar surface area (TPSA) is 107 Å². The number of carbonyl (C=O) groups is 3. The first-order chi connectivity index (χ1) is 16.1. The number of aryl methyl sites for hydroxylation is 1. The lowest BCUT2D eigenvalue weighted by Gasteiger charge is -2.22. The van der Waals surface area contributed by atoms with E-state index in [2.05, 4.69) is 41.4 Å². The van der Waals surface area contributed by atoms with Crippen LogP contribution >= 0.6 is 0 Å². The Kier molecular flexibility index (Phi) is 8.54. The molecule has 3 N–H and O–H groups in total. The summed E-state index contributed by atoms with van der Waals surface area (Å²) in [6.07, 6.45) is -4.05. The van der Waals surface area contributed by atoms with Gasteiger partial charge in [-0.05, 0) is 42.7 Å². The van der Waals surface area contributed by atoms with Gasteiger partial charge in [-0.3, -0.25) is 4.79 Å². The quantitative estimate of drug-likeness (QED) is 0.532. The van der Waals surface area contributed by atoms with Crippen LogP contribution in [-0.2, 0) is 9.59 Å². The van der Waals surface area contributed by atoms with E-state index in [9.17, 15) is 27.9 Å². The third kappa shape index (κ3) is 7.46. The van der Waals surface area contributed by atoms with Crippen molar-refractivity contribution in [2.75, 3.05) is 23.3 Å². The molecule has 0 bridgehead atoms. The Morgan fingerprint density at radius 2 is 1.63 bits per heavy atom. The second-order valence-corrected chi connectivity index (χ2v) is 9.33. The van der Waals surface area contributed by atoms with Crippen LogP contribution < -0.4 is 10.2 Å². The molecule has 3 rings (SSSR count). The molecule has 2 aromatic rings. The molecule has 1 saturated heterocycles. The lowest BCUT2D eigenvalue weighted by molar-refractivity contribution is -0.192. The Morgan fingerprint density at radius 1 is 1.03 bits per heavy atom. The van der Waals surface area contributed by atoms with E-state index < -0.39 is 23.5 Å². The van der Waals surface area contributed by atoms with Gasteiger partial charge in [-0.1, -0.05) is 45.0 Å². The second kappa shape index (κ2) is 10.8. The van der Waals surface area contributed by atoms with Gasteiger partial charge >= 0.3 is 18.1 Å². The Labute approximate surface area is 201 Å². The summed E-state index contributed by atoms with van der Waals surface area (Å²) in [6, 6.07) is 13.7. The third-order valence-electron chi connectivity index (χ3n) is 5.59. The van der Waals surface area contributed by atoms with Crippen LogP contribution in [0.3, 0.4) is 0 Å². The van der Waals surface area contributed by atoms with E-state index in [-0.39, 0.29) is 11.5 Å². The first-order valence-corrected chi connectivity index (χ1v) is 10.9. The van der Waals surface area contributed by atoms with Crippen molar-refractivity contribution in [2.24, 2.45) is 5.41 Å². The predicted octanol–water partition coefficient (Wildman–Crippen LogP) is 5.31. The zero-order valence-electron chi connectivity index (χ0n) is 19.9. The van der Waals surface area contributed by atoms with Crippen molar-refractivity contribution < 1.29 is 37.8 Å². The fraction of sp³-hybridized carbons (Fsp3) is 0.400. The van der Waals surface area contributed by atoms with E-state index in [1.807, 2.05) is 6.07 Å². The standard InChI is InChI=1S/C23H28N2O3.C2HF3O2/c1-15-7-5-6-8-18(15)16-11-12-25(14-16)17-9-10-20(19(13-17)21(26)27)24-22(28)23(2,3)4;3-2(4,5)1(6)7/h5-10,13,16H,11-12,14H2,1-4H3,(H,24,28)(H,26,27);(H,6,7). The average molecular weight is 495 g/mol. The summed E-state index contributed by atoms with van der Waals surface area (Å²) in [7, 11) is 0. The first-order valence-electron chi connectivity index (χ1n) is 10.9. The maximum Gasteiger partial charge on any atom is 0.490 e. The molecule has 0 saturated carbocycles. The lowest BCUT2D eigenvalue weighted by Crippen LogP contribution is -2.28.